The molecule has 0 aliphatic rings. The first-order valence-electron chi connectivity index (χ1n) is 5.32. The van der Waals surface area contributed by atoms with Crippen LogP contribution in [0.15, 0.2) is 36.4 Å². The molecule has 0 unspecified atom stereocenters. The maximum atomic E-state index is 10.7. The van der Waals surface area contributed by atoms with Gasteiger partial charge in [-0.2, -0.15) is 0 Å². The predicted octanol–water partition coefficient (Wildman–Crippen LogP) is 1.73. The molecule has 2 rings (SSSR count). The number of carbonyl (C=O) groups is 2. The van der Waals surface area contributed by atoms with Gasteiger partial charge in [0.05, 0.1) is 5.56 Å². The maximum absolute atomic E-state index is 10.7. The zero-order valence-corrected chi connectivity index (χ0v) is 9.70. The number of carboxylic acids is 2. The Bertz CT molecular complexity index is 650. The molecule has 0 amide bonds. The predicted molar refractivity (Wildman–Crippen MR) is 68.0 cm³/mol. The molecule has 0 saturated heterocycles. The lowest BCUT2D eigenvalue weighted by molar-refractivity contribution is 0.0682. The number of hydrogen-bond donors (Lipinski definition) is 3. The molecular formula is C13H10N2O4. The number of pyridine rings is 1. The summed E-state index contributed by atoms with van der Waals surface area (Å²) in [5.74, 6) is -2.08. The van der Waals surface area contributed by atoms with Gasteiger partial charge >= 0.3 is 11.9 Å². The van der Waals surface area contributed by atoms with E-state index in [-0.39, 0.29) is 17.1 Å². The molecule has 1 aromatic heterocycles. The highest BCUT2D eigenvalue weighted by atomic mass is 16.4. The van der Waals surface area contributed by atoms with E-state index in [1.165, 1.54) is 18.2 Å². The number of anilines is 1. The summed E-state index contributed by atoms with van der Waals surface area (Å²) in [7, 11) is 0. The summed E-state index contributed by atoms with van der Waals surface area (Å²) in [6.07, 6.45) is 0. The van der Waals surface area contributed by atoms with Crippen LogP contribution < -0.4 is 5.73 Å². The van der Waals surface area contributed by atoms with Crippen LogP contribution in [-0.4, -0.2) is 27.1 Å². The molecule has 19 heavy (non-hydrogen) atoms. The van der Waals surface area contributed by atoms with Gasteiger partial charge in [0, 0.05) is 5.56 Å². The first-order valence-corrected chi connectivity index (χ1v) is 5.32. The van der Waals surface area contributed by atoms with Crippen molar-refractivity contribution in [3.8, 4) is 11.1 Å². The smallest absolute Gasteiger partial charge is 0.354 e. The zero-order chi connectivity index (χ0) is 14.0. The Morgan fingerprint density at radius 3 is 2.05 bits per heavy atom. The lowest BCUT2D eigenvalue weighted by Crippen LogP contribution is -2.04. The molecule has 1 aromatic carbocycles. The van der Waals surface area contributed by atoms with E-state index in [1.54, 1.807) is 18.2 Å². The molecule has 0 saturated carbocycles. The maximum Gasteiger partial charge on any atom is 0.354 e. The SMILES string of the molecule is Nc1nc(C(=O)O)ccc1-c1ccc(C(=O)O)cc1. The van der Waals surface area contributed by atoms with Crippen molar-refractivity contribution >= 4 is 17.8 Å². The number of nitrogen functional groups attached to an aromatic ring is 1. The van der Waals surface area contributed by atoms with Gasteiger partial charge in [0.1, 0.15) is 5.82 Å². The monoisotopic (exact) mass is 258 g/mol. The van der Waals surface area contributed by atoms with Crippen molar-refractivity contribution in [3.05, 3.63) is 47.7 Å². The van der Waals surface area contributed by atoms with Gasteiger partial charge in [0.2, 0.25) is 0 Å². The Morgan fingerprint density at radius 1 is 0.947 bits per heavy atom. The molecule has 0 bridgehead atoms. The summed E-state index contributed by atoms with van der Waals surface area (Å²) in [6.45, 7) is 0. The fourth-order valence-corrected chi connectivity index (χ4v) is 1.63. The van der Waals surface area contributed by atoms with Crippen LogP contribution in [-0.2, 0) is 0 Å². The van der Waals surface area contributed by atoms with Gasteiger partial charge < -0.3 is 15.9 Å². The largest absolute Gasteiger partial charge is 0.478 e. The van der Waals surface area contributed by atoms with Crippen LogP contribution in [0.2, 0.25) is 0 Å². The molecule has 4 N–H and O–H groups in total. The van der Waals surface area contributed by atoms with Crippen LogP contribution in [0.4, 0.5) is 5.82 Å². The van der Waals surface area contributed by atoms with E-state index < -0.39 is 11.9 Å². The van der Waals surface area contributed by atoms with Crippen molar-refractivity contribution in [2.45, 2.75) is 0 Å². The first kappa shape index (κ1) is 12.6. The van der Waals surface area contributed by atoms with E-state index in [0.29, 0.717) is 11.1 Å². The van der Waals surface area contributed by atoms with Crippen LogP contribution in [0.1, 0.15) is 20.8 Å². The number of hydrogen-bond acceptors (Lipinski definition) is 4. The van der Waals surface area contributed by atoms with Crippen molar-refractivity contribution in [1.29, 1.82) is 0 Å². The van der Waals surface area contributed by atoms with E-state index in [2.05, 4.69) is 4.98 Å². The number of nitrogens with two attached hydrogens (primary N) is 1. The average Bonchev–Trinajstić information content (AvgIpc) is 2.38. The quantitative estimate of drug-likeness (QED) is 0.772. The fraction of sp³-hybridized carbons (Fsp3) is 0. The third-order valence-electron chi connectivity index (χ3n) is 2.59. The molecule has 2 aromatic rings. The lowest BCUT2D eigenvalue weighted by atomic mass is 10.0. The third-order valence-corrected chi connectivity index (χ3v) is 2.59. The van der Waals surface area contributed by atoms with Crippen molar-refractivity contribution in [1.82, 2.24) is 4.98 Å². The average molecular weight is 258 g/mol. The van der Waals surface area contributed by atoms with Gasteiger partial charge in [-0.05, 0) is 29.8 Å². The molecule has 6 heteroatoms. The van der Waals surface area contributed by atoms with Gasteiger partial charge in [-0.1, -0.05) is 12.1 Å². The van der Waals surface area contributed by atoms with Crippen molar-refractivity contribution < 1.29 is 19.8 Å². The summed E-state index contributed by atoms with van der Waals surface area (Å²) < 4.78 is 0. The Balaban J connectivity index is 2.41. The minimum atomic E-state index is -1.15. The van der Waals surface area contributed by atoms with E-state index in [0.717, 1.165) is 0 Å². The summed E-state index contributed by atoms with van der Waals surface area (Å²) in [5, 5.41) is 17.6. The lowest BCUT2D eigenvalue weighted by Gasteiger charge is -2.06. The molecule has 1 heterocycles. The van der Waals surface area contributed by atoms with Crippen LogP contribution in [0, 0.1) is 0 Å². The topological polar surface area (TPSA) is 114 Å². The highest BCUT2D eigenvalue weighted by Crippen LogP contribution is 2.25. The normalized spacial score (nSPS) is 10.1. The highest BCUT2D eigenvalue weighted by molar-refractivity contribution is 5.89. The number of aromatic nitrogens is 1. The van der Waals surface area contributed by atoms with Crippen LogP contribution in [0.5, 0.6) is 0 Å². The van der Waals surface area contributed by atoms with Crippen molar-refractivity contribution in [3.63, 3.8) is 0 Å². The highest BCUT2D eigenvalue weighted by Gasteiger charge is 2.10. The molecule has 0 fully saturated rings. The summed E-state index contributed by atoms with van der Waals surface area (Å²) >= 11 is 0. The number of carboxylic acid groups (broad SMARTS) is 2. The van der Waals surface area contributed by atoms with Gasteiger partial charge in [0.25, 0.3) is 0 Å². The Hall–Kier alpha value is -2.89. The van der Waals surface area contributed by atoms with Crippen LogP contribution in [0.25, 0.3) is 11.1 Å². The van der Waals surface area contributed by atoms with Gasteiger partial charge in [-0.3, -0.25) is 0 Å². The van der Waals surface area contributed by atoms with Crippen molar-refractivity contribution in [2.24, 2.45) is 0 Å². The zero-order valence-electron chi connectivity index (χ0n) is 9.70. The van der Waals surface area contributed by atoms with Crippen LogP contribution >= 0.6 is 0 Å². The second-order valence-corrected chi connectivity index (χ2v) is 3.82. The summed E-state index contributed by atoms with van der Waals surface area (Å²) in [4.78, 5) is 25.2. The molecular weight excluding hydrogens is 248 g/mol. The second kappa shape index (κ2) is 4.77. The number of rotatable bonds is 3. The molecule has 0 aliphatic heterocycles. The minimum absolute atomic E-state index is 0.0861. The molecule has 0 spiro atoms. The fourth-order valence-electron chi connectivity index (χ4n) is 1.63. The first-order chi connectivity index (χ1) is 8.99. The molecule has 0 aliphatic carbocycles. The summed E-state index contributed by atoms with van der Waals surface area (Å²) in [5.41, 5.74) is 6.96. The number of nitrogens with zero attached hydrogens (tertiary/aromatic N) is 1. The molecule has 96 valence electrons. The Kier molecular flexibility index (Phi) is 3.15. The van der Waals surface area contributed by atoms with Gasteiger partial charge in [0.15, 0.2) is 5.69 Å². The van der Waals surface area contributed by atoms with Crippen LogP contribution in [0.3, 0.4) is 0 Å². The molecule has 0 atom stereocenters. The Morgan fingerprint density at radius 2 is 1.58 bits per heavy atom. The standard InChI is InChI=1S/C13H10N2O4/c14-11-9(5-6-10(15-11)13(18)19)7-1-3-8(4-2-7)12(16)17/h1-6H,(H2,14,15)(H,16,17)(H,18,19). The Labute approximate surface area is 108 Å². The molecule has 0 radical (unpaired) electrons. The van der Waals surface area contributed by atoms with Gasteiger partial charge in [-0.25, -0.2) is 14.6 Å². The number of benzene rings is 1. The summed E-state index contributed by atoms with van der Waals surface area (Å²) in [6, 6.07) is 8.97. The van der Waals surface area contributed by atoms with E-state index in [4.69, 9.17) is 15.9 Å². The van der Waals surface area contributed by atoms with E-state index >= 15 is 0 Å². The minimum Gasteiger partial charge on any atom is -0.478 e. The number of aromatic carboxylic acids is 2. The third kappa shape index (κ3) is 2.52. The van der Waals surface area contributed by atoms with E-state index in [1.807, 2.05) is 0 Å². The van der Waals surface area contributed by atoms with Crippen molar-refractivity contribution in [2.75, 3.05) is 5.73 Å². The second-order valence-electron chi connectivity index (χ2n) is 3.82. The molecule has 6 nitrogen and oxygen atoms in total. The van der Waals surface area contributed by atoms with E-state index in [9.17, 15) is 9.59 Å². The van der Waals surface area contributed by atoms with Gasteiger partial charge in [-0.15, -0.1) is 0 Å².